The molecule has 3 aromatic carbocycles. The lowest BCUT2D eigenvalue weighted by Gasteiger charge is -2.31. The number of ketones is 2. The summed E-state index contributed by atoms with van der Waals surface area (Å²) in [4.78, 5) is 26.9. The van der Waals surface area contributed by atoms with Crippen LogP contribution in [0, 0.1) is 0 Å². The van der Waals surface area contributed by atoms with E-state index in [-0.39, 0.29) is 11.6 Å². The molecule has 0 saturated carbocycles. The lowest BCUT2D eigenvalue weighted by atomic mass is 9.71. The zero-order valence-electron chi connectivity index (χ0n) is 14.5. The molecule has 0 heterocycles. The maximum Gasteiger partial charge on any atom is 0.194 e. The van der Waals surface area contributed by atoms with Gasteiger partial charge in [0.15, 0.2) is 11.6 Å². The molecule has 0 fully saturated rings. The largest absolute Gasteiger partial charge is 0.289 e. The molecule has 0 saturated heterocycles. The van der Waals surface area contributed by atoms with E-state index in [1.165, 1.54) is 21.9 Å². The maximum atomic E-state index is 13.4. The third-order valence-corrected chi connectivity index (χ3v) is 6.45. The van der Waals surface area contributed by atoms with Crippen molar-refractivity contribution < 1.29 is 9.59 Å². The Morgan fingerprint density at radius 3 is 1.50 bits per heavy atom. The fourth-order valence-corrected chi connectivity index (χ4v) is 5.41. The molecule has 0 radical (unpaired) electrons. The predicted molar refractivity (Wildman–Crippen MR) is 101 cm³/mol. The quantitative estimate of drug-likeness (QED) is 0.470. The first-order chi connectivity index (χ1) is 12.8. The van der Waals surface area contributed by atoms with Crippen LogP contribution in [0.1, 0.15) is 66.9 Å². The summed E-state index contributed by atoms with van der Waals surface area (Å²) in [6.07, 6.45) is 6.04. The second-order valence-electron chi connectivity index (χ2n) is 7.75. The molecule has 26 heavy (non-hydrogen) atoms. The first-order valence-electron chi connectivity index (χ1n) is 9.56. The average molecular weight is 338 g/mol. The van der Waals surface area contributed by atoms with E-state index >= 15 is 0 Å². The molecule has 0 unspecified atom stereocenters. The Morgan fingerprint density at radius 1 is 0.577 bits per heavy atom. The van der Waals surface area contributed by atoms with Crippen molar-refractivity contribution in [3.63, 3.8) is 0 Å². The molecule has 126 valence electrons. The second-order valence-corrected chi connectivity index (χ2v) is 7.75. The van der Waals surface area contributed by atoms with Crippen LogP contribution in [0.3, 0.4) is 0 Å². The van der Waals surface area contributed by atoms with E-state index in [9.17, 15) is 9.59 Å². The SMILES string of the molecule is O=C1c2ccccc2C(=O)c2c1c1c3c(ccc4c3c2CCC4)CCC1. The molecule has 0 bridgehead atoms. The van der Waals surface area contributed by atoms with Gasteiger partial charge in [-0.2, -0.15) is 0 Å². The number of hydrogen-bond acceptors (Lipinski definition) is 2. The van der Waals surface area contributed by atoms with Gasteiger partial charge in [-0.15, -0.1) is 0 Å². The number of rotatable bonds is 0. The Kier molecular flexibility index (Phi) is 2.73. The zero-order valence-corrected chi connectivity index (χ0v) is 14.5. The molecule has 2 heteroatoms. The predicted octanol–water partition coefficient (Wildman–Crippen LogP) is 4.59. The summed E-state index contributed by atoms with van der Waals surface area (Å²) in [6.45, 7) is 0. The summed E-state index contributed by atoms with van der Waals surface area (Å²) < 4.78 is 0. The monoisotopic (exact) mass is 338 g/mol. The lowest BCUT2D eigenvalue weighted by molar-refractivity contribution is 0.0977. The van der Waals surface area contributed by atoms with E-state index in [1.807, 2.05) is 12.1 Å². The highest BCUT2D eigenvalue weighted by Gasteiger charge is 2.37. The van der Waals surface area contributed by atoms with Crippen molar-refractivity contribution in [1.29, 1.82) is 0 Å². The van der Waals surface area contributed by atoms with Gasteiger partial charge >= 0.3 is 0 Å². The molecular formula is C24H18O2. The van der Waals surface area contributed by atoms with Crippen LogP contribution in [-0.2, 0) is 25.7 Å². The van der Waals surface area contributed by atoms with Crippen LogP contribution >= 0.6 is 0 Å². The molecule has 3 aliphatic rings. The molecule has 3 aliphatic carbocycles. The normalized spacial score (nSPS) is 17.2. The second kappa shape index (κ2) is 4.91. The molecule has 3 aromatic rings. The van der Waals surface area contributed by atoms with E-state index in [2.05, 4.69) is 12.1 Å². The highest BCUT2D eigenvalue weighted by molar-refractivity contribution is 6.31. The molecule has 0 atom stereocenters. The van der Waals surface area contributed by atoms with Crippen LogP contribution in [0.4, 0.5) is 0 Å². The van der Waals surface area contributed by atoms with Gasteiger partial charge in [-0.05, 0) is 71.6 Å². The van der Waals surface area contributed by atoms with Gasteiger partial charge in [0.1, 0.15) is 0 Å². The molecular weight excluding hydrogens is 320 g/mol. The van der Waals surface area contributed by atoms with Crippen molar-refractivity contribution in [2.24, 2.45) is 0 Å². The van der Waals surface area contributed by atoms with E-state index in [0.717, 1.165) is 60.8 Å². The van der Waals surface area contributed by atoms with Crippen molar-refractivity contribution >= 4 is 22.3 Å². The Bertz CT molecular complexity index is 1080. The van der Waals surface area contributed by atoms with Gasteiger partial charge in [-0.3, -0.25) is 9.59 Å². The summed E-state index contributed by atoms with van der Waals surface area (Å²) in [7, 11) is 0. The topological polar surface area (TPSA) is 34.1 Å². The first-order valence-corrected chi connectivity index (χ1v) is 9.56. The van der Waals surface area contributed by atoms with E-state index in [0.29, 0.717) is 11.1 Å². The van der Waals surface area contributed by atoms with Gasteiger partial charge in [0.2, 0.25) is 0 Å². The molecule has 0 spiro atoms. The van der Waals surface area contributed by atoms with E-state index < -0.39 is 0 Å². The highest BCUT2D eigenvalue weighted by atomic mass is 16.1. The number of carbonyl (C=O) groups excluding carboxylic acids is 2. The first kappa shape index (κ1) is 14.4. The van der Waals surface area contributed by atoms with Gasteiger partial charge in [0.25, 0.3) is 0 Å². The Morgan fingerprint density at radius 2 is 1.04 bits per heavy atom. The van der Waals surface area contributed by atoms with Crippen LogP contribution < -0.4 is 0 Å². The van der Waals surface area contributed by atoms with Crippen molar-refractivity contribution in [3.05, 3.63) is 80.9 Å². The molecule has 0 aromatic heterocycles. The van der Waals surface area contributed by atoms with E-state index in [4.69, 9.17) is 0 Å². The molecule has 0 N–H and O–H groups in total. The molecule has 6 rings (SSSR count). The third kappa shape index (κ3) is 1.63. The van der Waals surface area contributed by atoms with Gasteiger partial charge in [-0.1, -0.05) is 36.4 Å². The van der Waals surface area contributed by atoms with Crippen molar-refractivity contribution in [2.75, 3.05) is 0 Å². The summed E-state index contributed by atoms with van der Waals surface area (Å²) in [5, 5.41) is 2.59. The van der Waals surface area contributed by atoms with E-state index in [1.54, 1.807) is 12.1 Å². The Hall–Kier alpha value is -2.74. The van der Waals surface area contributed by atoms with Crippen LogP contribution in [0.5, 0.6) is 0 Å². The van der Waals surface area contributed by atoms with Gasteiger partial charge in [0.05, 0.1) is 0 Å². The van der Waals surface area contributed by atoms with Gasteiger partial charge in [-0.25, -0.2) is 0 Å². The fourth-order valence-electron chi connectivity index (χ4n) is 5.41. The average Bonchev–Trinajstić information content (AvgIpc) is 2.70. The number of fused-ring (bicyclic) bond motifs is 4. The number of hydrogen-bond donors (Lipinski definition) is 0. The highest BCUT2D eigenvalue weighted by Crippen LogP contribution is 2.44. The van der Waals surface area contributed by atoms with Crippen LogP contribution in [0.2, 0.25) is 0 Å². The van der Waals surface area contributed by atoms with Crippen molar-refractivity contribution in [3.8, 4) is 0 Å². The molecule has 2 nitrogen and oxygen atoms in total. The third-order valence-electron chi connectivity index (χ3n) is 6.45. The smallest absolute Gasteiger partial charge is 0.194 e. The Labute approximate surface area is 151 Å². The minimum Gasteiger partial charge on any atom is -0.289 e. The number of carbonyl (C=O) groups is 2. The van der Waals surface area contributed by atoms with Gasteiger partial charge < -0.3 is 0 Å². The van der Waals surface area contributed by atoms with Crippen LogP contribution in [0.15, 0.2) is 36.4 Å². The molecule has 0 amide bonds. The number of aryl methyl sites for hydroxylation is 4. The van der Waals surface area contributed by atoms with Crippen LogP contribution in [-0.4, -0.2) is 11.6 Å². The standard InChI is InChI=1S/C24H18O2/c25-23-15-7-1-2-8-16(15)24(26)22-18-10-4-6-14-12-11-13-5-3-9-17(21(22)23)19(13)20(14)18/h1-2,7-8,11-12H,3-6,9-10H2. The minimum atomic E-state index is 0.0483. The molecule has 0 aliphatic heterocycles. The van der Waals surface area contributed by atoms with Crippen molar-refractivity contribution in [1.82, 2.24) is 0 Å². The summed E-state index contributed by atoms with van der Waals surface area (Å²) in [6, 6.07) is 11.8. The fraction of sp³-hybridized carbons (Fsp3) is 0.250. The van der Waals surface area contributed by atoms with Crippen LogP contribution in [0.25, 0.3) is 10.8 Å². The summed E-state index contributed by atoms with van der Waals surface area (Å²) in [5.41, 5.74) is 7.57. The maximum absolute atomic E-state index is 13.4. The van der Waals surface area contributed by atoms with Gasteiger partial charge in [0, 0.05) is 22.3 Å². The lowest BCUT2D eigenvalue weighted by Crippen LogP contribution is -2.27. The summed E-state index contributed by atoms with van der Waals surface area (Å²) >= 11 is 0. The van der Waals surface area contributed by atoms with Crippen molar-refractivity contribution in [2.45, 2.75) is 38.5 Å². The summed E-state index contributed by atoms with van der Waals surface area (Å²) in [5.74, 6) is 0.0966. The minimum absolute atomic E-state index is 0.0483. The number of benzene rings is 3. The Balaban J connectivity index is 1.84. The zero-order chi connectivity index (χ0) is 17.4.